The van der Waals surface area contributed by atoms with Crippen LogP contribution in [0, 0.1) is 0 Å². The average molecular weight is 459 g/mol. The van der Waals surface area contributed by atoms with Gasteiger partial charge in [0.25, 0.3) is 5.91 Å². The summed E-state index contributed by atoms with van der Waals surface area (Å²) in [5.41, 5.74) is -0.350. The average Bonchev–Trinajstić information content (AvgIpc) is 3.47. The lowest BCUT2D eigenvalue weighted by atomic mass is 10.1. The molecule has 3 N–H and O–H groups in total. The lowest BCUT2D eigenvalue weighted by molar-refractivity contribution is -0.135. The third kappa shape index (κ3) is 4.07. The molecule has 168 valence electrons. The van der Waals surface area contributed by atoms with E-state index in [0.717, 1.165) is 0 Å². The summed E-state index contributed by atoms with van der Waals surface area (Å²) in [6.07, 6.45) is 2.97. The summed E-state index contributed by atoms with van der Waals surface area (Å²) in [4.78, 5) is 47.4. The highest BCUT2D eigenvalue weighted by atomic mass is 32.1. The highest BCUT2D eigenvalue weighted by molar-refractivity contribution is 7.12. The Morgan fingerprint density at radius 2 is 2.16 bits per heavy atom. The van der Waals surface area contributed by atoms with Gasteiger partial charge in [-0.3, -0.25) is 19.0 Å². The fourth-order valence-electron chi connectivity index (χ4n) is 3.74. The van der Waals surface area contributed by atoms with E-state index < -0.39 is 23.9 Å². The van der Waals surface area contributed by atoms with Gasteiger partial charge < -0.3 is 25.4 Å². The van der Waals surface area contributed by atoms with E-state index in [1.54, 1.807) is 35.4 Å². The van der Waals surface area contributed by atoms with Crippen molar-refractivity contribution in [1.82, 2.24) is 25.2 Å². The van der Waals surface area contributed by atoms with Gasteiger partial charge in [-0.05, 0) is 19.2 Å². The number of carboxylic acid groups (broad SMARTS) is 1. The molecular formula is C20H22N6O5S. The van der Waals surface area contributed by atoms with Gasteiger partial charge >= 0.3 is 5.97 Å². The Labute approximate surface area is 186 Å². The van der Waals surface area contributed by atoms with Gasteiger partial charge in [-0.25, -0.2) is 9.97 Å². The molecule has 0 bridgehead atoms. The number of aliphatic carboxylic acids is 1. The number of rotatable bonds is 7. The van der Waals surface area contributed by atoms with Gasteiger partial charge in [0.05, 0.1) is 17.5 Å². The zero-order chi connectivity index (χ0) is 22.8. The number of hydrogen-bond acceptors (Lipinski definition) is 9. The van der Waals surface area contributed by atoms with Crippen molar-refractivity contribution in [2.75, 3.05) is 38.7 Å². The number of carbonyl (C=O) groups is 2. The van der Waals surface area contributed by atoms with Crippen LogP contribution in [-0.2, 0) is 9.53 Å². The maximum Gasteiger partial charge on any atom is 0.322 e. The van der Waals surface area contributed by atoms with Crippen molar-refractivity contribution in [2.45, 2.75) is 12.1 Å². The van der Waals surface area contributed by atoms with Crippen LogP contribution in [0.4, 0.5) is 5.82 Å². The van der Waals surface area contributed by atoms with E-state index in [1.165, 1.54) is 17.5 Å². The second-order valence-corrected chi connectivity index (χ2v) is 8.12. The van der Waals surface area contributed by atoms with Crippen molar-refractivity contribution in [3.63, 3.8) is 0 Å². The Morgan fingerprint density at radius 3 is 2.78 bits per heavy atom. The van der Waals surface area contributed by atoms with E-state index in [-0.39, 0.29) is 23.1 Å². The van der Waals surface area contributed by atoms with Gasteiger partial charge in [0.15, 0.2) is 10.8 Å². The van der Waals surface area contributed by atoms with E-state index >= 15 is 0 Å². The molecule has 1 amide bonds. The molecule has 4 heterocycles. The zero-order valence-electron chi connectivity index (χ0n) is 17.4. The van der Waals surface area contributed by atoms with Crippen molar-refractivity contribution >= 4 is 40.1 Å². The number of pyridine rings is 2. The number of carbonyl (C=O) groups excluding carboxylic acids is 1. The molecule has 1 aliphatic rings. The maximum absolute atomic E-state index is 13.0. The standard InChI is InChI=1S/C20H22N6O5S/c1-21-13-9-25(10-14(13)31-2)15-4-3-11-17(29)12(19(30)23-7-16(27)28)8-26(18(11)24-15)20-22-5-6-32-20/h3-6,8,13-14,21H,7,9-10H2,1-2H3,(H,23,30)(H,27,28)/t13-,14-/m1/s1. The number of ether oxygens (including phenoxy) is 1. The monoisotopic (exact) mass is 458 g/mol. The summed E-state index contributed by atoms with van der Waals surface area (Å²) < 4.78 is 7.14. The molecule has 0 aliphatic carbocycles. The Morgan fingerprint density at radius 1 is 1.34 bits per heavy atom. The molecule has 0 radical (unpaired) electrons. The minimum absolute atomic E-state index is 0.000963. The van der Waals surface area contributed by atoms with E-state index in [0.29, 0.717) is 29.7 Å². The molecule has 11 nitrogen and oxygen atoms in total. The van der Waals surface area contributed by atoms with Crippen LogP contribution in [0.25, 0.3) is 16.2 Å². The largest absolute Gasteiger partial charge is 0.480 e. The summed E-state index contributed by atoms with van der Waals surface area (Å²) in [5, 5.41) is 16.8. The van der Waals surface area contributed by atoms with Crippen LogP contribution in [-0.4, -0.2) is 77.5 Å². The van der Waals surface area contributed by atoms with Crippen molar-refractivity contribution in [1.29, 1.82) is 0 Å². The van der Waals surface area contributed by atoms with Crippen LogP contribution >= 0.6 is 11.3 Å². The van der Waals surface area contributed by atoms with E-state index in [2.05, 4.69) is 20.5 Å². The van der Waals surface area contributed by atoms with Gasteiger partial charge in [0, 0.05) is 38.0 Å². The van der Waals surface area contributed by atoms with Crippen molar-refractivity contribution < 1.29 is 19.4 Å². The number of nitrogens with one attached hydrogen (secondary N) is 2. The number of thiazole rings is 1. The number of aromatic nitrogens is 3. The number of nitrogens with zero attached hydrogens (tertiary/aromatic N) is 4. The fourth-order valence-corrected chi connectivity index (χ4v) is 4.36. The normalized spacial score (nSPS) is 18.2. The predicted molar refractivity (Wildman–Crippen MR) is 119 cm³/mol. The first kappa shape index (κ1) is 21.9. The SMILES string of the molecule is CN[C@@H]1CN(c2ccc3c(=O)c(C(=O)NCC(=O)O)cn(-c4nccs4)c3n2)C[C@H]1OC. The second-order valence-electron chi connectivity index (χ2n) is 7.25. The topological polar surface area (TPSA) is 139 Å². The van der Waals surface area contributed by atoms with Gasteiger partial charge in [0.2, 0.25) is 5.43 Å². The molecule has 32 heavy (non-hydrogen) atoms. The van der Waals surface area contributed by atoms with Crippen molar-refractivity contribution in [3.8, 4) is 5.13 Å². The summed E-state index contributed by atoms with van der Waals surface area (Å²) in [7, 11) is 3.55. The molecule has 0 aromatic carbocycles. The van der Waals surface area contributed by atoms with Crippen LogP contribution in [0.15, 0.2) is 34.7 Å². The van der Waals surface area contributed by atoms with Crippen LogP contribution in [0.1, 0.15) is 10.4 Å². The van der Waals surface area contributed by atoms with Crippen molar-refractivity contribution in [2.24, 2.45) is 0 Å². The lowest BCUT2D eigenvalue weighted by Crippen LogP contribution is -2.37. The number of amides is 1. The molecule has 1 fully saturated rings. The quantitative estimate of drug-likeness (QED) is 0.449. The minimum atomic E-state index is -1.20. The maximum atomic E-state index is 13.0. The van der Waals surface area contributed by atoms with E-state index in [4.69, 9.17) is 14.8 Å². The summed E-state index contributed by atoms with van der Waals surface area (Å²) in [6, 6.07) is 3.51. The van der Waals surface area contributed by atoms with Crippen LogP contribution in [0.2, 0.25) is 0 Å². The third-order valence-corrected chi connectivity index (χ3v) is 6.14. The molecule has 2 atom stereocenters. The number of methoxy groups -OCH3 is 1. The van der Waals surface area contributed by atoms with Crippen LogP contribution < -0.4 is 21.0 Å². The van der Waals surface area contributed by atoms with Gasteiger partial charge in [-0.1, -0.05) is 0 Å². The highest BCUT2D eigenvalue weighted by Gasteiger charge is 2.32. The van der Waals surface area contributed by atoms with Crippen molar-refractivity contribution in [3.05, 3.63) is 45.7 Å². The Hall–Kier alpha value is -3.35. The van der Waals surface area contributed by atoms with E-state index in [9.17, 15) is 14.4 Å². The summed E-state index contributed by atoms with van der Waals surface area (Å²) in [6.45, 7) is 0.732. The first-order valence-corrected chi connectivity index (χ1v) is 10.7. The molecular weight excluding hydrogens is 436 g/mol. The number of likely N-dealkylation sites (N-methyl/N-ethyl adjacent to an activating group) is 1. The number of fused-ring (bicyclic) bond motifs is 1. The lowest BCUT2D eigenvalue weighted by Gasteiger charge is -2.18. The molecule has 0 saturated carbocycles. The van der Waals surface area contributed by atoms with Crippen LogP contribution in [0.5, 0.6) is 0 Å². The zero-order valence-corrected chi connectivity index (χ0v) is 18.3. The molecule has 3 aromatic rings. The third-order valence-electron chi connectivity index (χ3n) is 5.37. The highest BCUT2D eigenvalue weighted by Crippen LogP contribution is 2.24. The number of carboxylic acids is 1. The first-order valence-electron chi connectivity index (χ1n) is 9.84. The molecule has 0 unspecified atom stereocenters. The second kappa shape index (κ2) is 9.02. The summed E-state index contributed by atoms with van der Waals surface area (Å²) >= 11 is 1.32. The number of hydrogen-bond donors (Lipinski definition) is 3. The Bertz CT molecular complexity index is 1200. The van der Waals surface area contributed by atoms with Gasteiger partial charge in [-0.2, -0.15) is 0 Å². The molecule has 12 heteroatoms. The molecule has 3 aromatic heterocycles. The van der Waals surface area contributed by atoms with Gasteiger partial charge in [0.1, 0.15) is 17.9 Å². The smallest absolute Gasteiger partial charge is 0.322 e. The molecule has 0 spiro atoms. The predicted octanol–water partition coefficient (Wildman–Crippen LogP) is 0.0796. The molecule has 1 aliphatic heterocycles. The minimum Gasteiger partial charge on any atom is -0.480 e. The Kier molecular flexibility index (Phi) is 6.17. The Balaban J connectivity index is 1.81. The first-order chi connectivity index (χ1) is 15.4. The van der Waals surface area contributed by atoms with Gasteiger partial charge in [-0.15, -0.1) is 11.3 Å². The summed E-state index contributed by atoms with van der Waals surface area (Å²) in [5.74, 6) is -1.30. The molecule has 4 rings (SSSR count). The van der Waals surface area contributed by atoms with Crippen LogP contribution in [0.3, 0.4) is 0 Å². The number of anilines is 1. The fraction of sp³-hybridized carbons (Fsp3) is 0.350. The van der Waals surface area contributed by atoms with E-state index in [1.807, 2.05) is 7.05 Å². The molecule has 1 saturated heterocycles.